The van der Waals surface area contributed by atoms with E-state index < -0.39 is 0 Å². The van der Waals surface area contributed by atoms with Gasteiger partial charge in [0.05, 0.1) is 11.1 Å². The minimum absolute atomic E-state index is 0.194. The van der Waals surface area contributed by atoms with E-state index in [-0.39, 0.29) is 23.8 Å². The second-order valence-electron chi connectivity index (χ2n) is 7.50. The van der Waals surface area contributed by atoms with Crippen LogP contribution in [0.3, 0.4) is 0 Å². The third-order valence-corrected chi connectivity index (χ3v) is 4.56. The largest absolute Gasteiger partial charge is 0.338 e. The SMILES string of the molecule is Cc1cccc(CCNC(=O)Nc2ccc3c(c2)C(=O)N(CC(C)C)C3=O)c1. The summed E-state index contributed by atoms with van der Waals surface area (Å²) in [6.07, 6.45) is 0.733. The molecule has 1 aliphatic heterocycles. The number of nitrogens with one attached hydrogen (secondary N) is 2. The van der Waals surface area contributed by atoms with E-state index in [0.717, 1.165) is 12.0 Å². The maximum atomic E-state index is 12.5. The highest BCUT2D eigenvalue weighted by molar-refractivity contribution is 6.21. The smallest absolute Gasteiger partial charge is 0.319 e. The van der Waals surface area contributed by atoms with Gasteiger partial charge in [-0.15, -0.1) is 0 Å². The standard InChI is InChI=1S/C22H25N3O3/c1-14(2)13-25-20(26)18-8-7-17(12-19(18)21(25)27)24-22(28)23-10-9-16-6-4-5-15(3)11-16/h4-8,11-12,14H,9-10,13H2,1-3H3,(H2,23,24,28). The van der Waals surface area contributed by atoms with Crippen LogP contribution in [0, 0.1) is 12.8 Å². The first-order valence-corrected chi connectivity index (χ1v) is 9.46. The normalized spacial score (nSPS) is 13.1. The Morgan fingerprint density at radius 1 is 1.04 bits per heavy atom. The summed E-state index contributed by atoms with van der Waals surface area (Å²) in [6, 6.07) is 12.6. The molecule has 0 aliphatic carbocycles. The topological polar surface area (TPSA) is 78.5 Å². The first kappa shape index (κ1) is 19.6. The quantitative estimate of drug-likeness (QED) is 0.753. The summed E-state index contributed by atoms with van der Waals surface area (Å²) in [4.78, 5) is 38.3. The Balaban J connectivity index is 1.59. The van der Waals surface area contributed by atoms with E-state index in [1.807, 2.05) is 39.0 Å². The molecule has 6 nitrogen and oxygen atoms in total. The number of hydrogen-bond donors (Lipinski definition) is 2. The number of rotatable bonds is 6. The van der Waals surface area contributed by atoms with Crippen LogP contribution in [0.2, 0.25) is 0 Å². The summed E-state index contributed by atoms with van der Waals surface area (Å²) in [5.74, 6) is -0.390. The van der Waals surface area contributed by atoms with Gasteiger partial charge in [0.15, 0.2) is 0 Å². The van der Waals surface area contributed by atoms with Gasteiger partial charge in [-0.3, -0.25) is 14.5 Å². The predicted molar refractivity (Wildman–Crippen MR) is 109 cm³/mol. The number of fused-ring (bicyclic) bond motifs is 1. The van der Waals surface area contributed by atoms with Crippen molar-refractivity contribution in [1.82, 2.24) is 10.2 Å². The van der Waals surface area contributed by atoms with Crippen LogP contribution in [-0.4, -0.2) is 35.8 Å². The van der Waals surface area contributed by atoms with E-state index in [1.165, 1.54) is 10.5 Å². The lowest BCUT2D eigenvalue weighted by molar-refractivity contribution is 0.0636. The molecule has 2 aromatic carbocycles. The van der Waals surface area contributed by atoms with Crippen LogP contribution in [0.25, 0.3) is 0 Å². The average Bonchev–Trinajstić information content (AvgIpc) is 2.86. The zero-order valence-electron chi connectivity index (χ0n) is 16.4. The van der Waals surface area contributed by atoms with Gasteiger partial charge in [-0.2, -0.15) is 0 Å². The summed E-state index contributed by atoms with van der Waals surface area (Å²) in [6.45, 7) is 6.83. The lowest BCUT2D eigenvalue weighted by Crippen LogP contribution is -2.33. The fourth-order valence-electron chi connectivity index (χ4n) is 3.26. The molecule has 0 fully saturated rings. The zero-order valence-corrected chi connectivity index (χ0v) is 16.4. The van der Waals surface area contributed by atoms with E-state index in [4.69, 9.17) is 0 Å². The van der Waals surface area contributed by atoms with Gasteiger partial charge in [-0.05, 0) is 43.0 Å². The number of hydrogen-bond acceptors (Lipinski definition) is 3. The molecular formula is C22H25N3O3. The fraction of sp³-hybridized carbons (Fsp3) is 0.318. The van der Waals surface area contributed by atoms with Crippen LogP contribution < -0.4 is 10.6 Å². The maximum Gasteiger partial charge on any atom is 0.319 e. The lowest BCUT2D eigenvalue weighted by Gasteiger charge is -2.15. The molecule has 146 valence electrons. The van der Waals surface area contributed by atoms with Crippen molar-refractivity contribution < 1.29 is 14.4 Å². The number of carbonyl (C=O) groups is 3. The van der Waals surface area contributed by atoms with Crippen molar-refractivity contribution in [3.8, 4) is 0 Å². The molecule has 0 atom stereocenters. The third-order valence-electron chi connectivity index (χ3n) is 4.56. The molecule has 0 saturated carbocycles. The van der Waals surface area contributed by atoms with E-state index in [9.17, 15) is 14.4 Å². The first-order chi connectivity index (χ1) is 13.3. The molecule has 28 heavy (non-hydrogen) atoms. The molecule has 0 bridgehead atoms. The van der Waals surface area contributed by atoms with Crippen molar-refractivity contribution in [3.05, 3.63) is 64.7 Å². The molecule has 3 rings (SSSR count). The summed E-state index contributed by atoms with van der Waals surface area (Å²) >= 11 is 0. The monoisotopic (exact) mass is 379 g/mol. The number of nitrogens with zero attached hydrogens (tertiary/aromatic N) is 1. The van der Waals surface area contributed by atoms with Crippen LogP contribution in [0.1, 0.15) is 45.7 Å². The minimum atomic E-state index is -0.344. The van der Waals surface area contributed by atoms with E-state index in [1.54, 1.807) is 18.2 Å². The van der Waals surface area contributed by atoms with Crippen molar-refractivity contribution >= 4 is 23.5 Å². The molecule has 0 aromatic heterocycles. The molecule has 0 spiro atoms. The Kier molecular flexibility index (Phi) is 5.78. The Morgan fingerprint density at radius 3 is 2.50 bits per heavy atom. The van der Waals surface area contributed by atoms with E-state index in [2.05, 4.69) is 16.7 Å². The minimum Gasteiger partial charge on any atom is -0.338 e. The second-order valence-corrected chi connectivity index (χ2v) is 7.50. The molecule has 2 aromatic rings. The number of benzene rings is 2. The summed E-state index contributed by atoms with van der Waals surface area (Å²) in [5.41, 5.74) is 3.55. The number of urea groups is 1. The van der Waals surface area contributed by atoms with Crippen molar-refractivity contribution in [2.75, 3.05) is 18.4 Å². The summed E-state index contributed by atoms with van der Waals surface area (Å²) in [5, 5.41) is 5.54. The molecule has 2 N–H and O–H groups in total. The number of amides is 4. The van der Waals surface area contributed by atoms with Crippen LogP contribution >= 0.6 is 0 Å². The maximum absolute atomic E-state index is 12.5. The Hall–Kier alpha value is -3.15. The van der Waals surface area contributed by atoms with Crippen molar-refractivity contribution in [2.45, 2.75) is 27.2 Å². The molecular weight excluding hydrogens is 354 g/mol. The Labute approximate surface area is 164 Å². The van der Waals surface area contributed by atoms with Gasteiger partial charge in [0.2, 0.25) is 0 Å². The number of aryl methyl sites for hydroxylation is 1. The second kappa shape index (κ2) is 8.25. The Bertz CT molecular complexity index is 921. The summed E-state index contributed by atoms with van der Waals surface area (Å²) in [7, 11) is 0. The van der Waals surface area contributed by atoms with Gasteiger partial charge in [-0.25, -0.2) is 4.79 Å². The number of carbonyl (C=O) groups excluding carboxylic acids is 3. The predicted octanol–water partition coefficient (Wildman–Crippen LogP) is 3.61. The molecule has 0 saturated heterocycles. The van der Waals surface area contributed by atoms with Crippen molar-refractivity contribution in [1.29, 1.82) is 0 Å². The molecule has 0 unspecified atom stereocenters. The summed E-state index contributed by atoms with van der Waals surface area (Å²) < 4.78 is 0. The molecule has 1 heterocycles. The molecule has 0 radical (unpaired) electrons. The Morgan fingerprint density at radius 2 is 1.79 bits per heavy atom. The highest BCUT2D eigenvalue weighted by Crippen LogP contribution is 2.26. The zero-order chi connectivity index (χ0) is 20.3. The molecule has 1 aliphatic rings. The van der Waals surface area contributed by atoms with Crippen molar-refractivity contribution in [2.24, 2.45) is 5.92 Å². The van der Waals surface area contributed by atoms with Crippen molar-refractivity contribution in [3.63, 3.8) is 0 Å². The highest BCUT2D eigenvalue weighted by Gasteiger charge is 2.35. The lowest BCUT2D eigenvalue weighted by atomic mass is 10.1. The van der Waals surface area contributed by atoms with Crippen LogP contribution in [-0.2, 0) is 6.42 Å². The van der Waals surface area contributed by atoms with Crippen LogP contribution in [0.5, 0.6) is 0 Å². The van der Waals surface area contributed by atoms with Gasteiger partial charge in [0, 0.05) is 18.8 Å². The van der Waals surface area contributed by atoms with Gasteiger partial charge < -0.3 is 10.6 Å². The third kappa shape index (κ3) is 4.39. The van der Waals surface area contributed by atoms with Gasteiger partial charge in [0.1, 0.15) is 0 Å². The van der Waals surface area contributed by atoms with Crippen LogP contribution in [0.15, 0.2) is 42.5 Å². The van der Waals surface area contributed by atoms with E-state index in [0.29, 0.717) is 29.9 Å². The van der Waals surface area contributed by atoms with E-state index >= 15 is 0 Å². The molecule has 4 amide bonds. The molecule has 6 heteroatoms. The van der Waals surface area contributed by atoms with Gasteiger partial charge in [-0.1, -0.05) is 43.7 Å². The number of imide groups is 1. The van der Waals surface area contributed by atoms with Crippen LogP contribution in [0.4, 0.5) is 10.5 Å². The first-order valence-electron chi connectivity index (χ1n) is 9.46. The fourth-order valence-corrected chi connectivity index (χ4v) is 3.26. The average molecular weight is 379 g/mol. The van der Waals surface area contributed by atoms with Gasteiger partial charge >= 0.3 is 6.03 Å². The highest BCUT2D eigenvalue weighted by atomic mass is 16.2. The van der Waals surface area contributed by atoms with Gasteiger partial charge in [0.25, 0.3) is 11.8 Å². The number of anilines is 1.